The van der Waals surface area contributed by atoms with E-state index in [9.17, 15) is 24.3 Å². The fourth-order valence-corrected chi connectivity index (χ4v) is 5.44. The molecule has 1 aliphatic rings. The highest BCUT2D eigenvalue weighted by molar-refractivity contribution is 7.98. The number of carbonyl (C=O) groups excluding carboxylic acids is 4. The van der Waals surface area contributed by atoms with Crippen molar-refractivity contribution in [3.05, 3.63) is 42.8 Å². The molecule has 45 heavy (non-hydrogen) atoms. The second-order valence-corrected chi connectivity index (χ2v) is 12.5. The molecule has 4 N–H and O–H groups in total. The van der Waals surface area contributed by atoms with Crippen molar-refractivity contribution in [1.82, 2.24) is 35.5 Å². The molecule has 13 nitrogen and oxygen atoms in total. The number of aliphatic hydroxyl groups is 1. The number of hydrogen-bond donors (Lipinski definition) is 4. The maximum Gasteiger partial charge on any atom is 0.409 e. The van der Waals surface area contributed by atoms with E-state index in [0.29, 0.717) is 25.3 Å². The molecule has 1 aromatic rings. The molecule has 1 aromatic heterocycles. The second-order valence-electron chi connectivity index (χ2n) is 11.5. The fourth-order valence-electron chi connectivity index (χ4n) is 4.97. The summed E-state index contributed by atoms with van der Waals surface area (Å²) in [6.07, 6.45) is 4.09. The lowest BCUT2D eigenvalue weighted by Crippen LogP contribution is -2.55. The number of hydrogen-bond acceptors (Lipinski definition) is 9. The van der Waals surface area contributed by atoms with Crippen molar-refractivity contribution in [2.24, 2.45) is 5.92 Å². The zero-order chi connectivity index (χ0) is 33.5. The van der Waals surface area contributed by atoms with Gasteiger partial charge >= 0.3 is 6.09 Å². The standard InChI is InChI=1S/C31H51N7O6S/c1-8-10-24(32-29(41)25(12-17-45-7)34-31(43)44-20-38-23(5)19-22(4)35-38)27(39)18-21(3)28(40)33-26(11-9-2)30(42)37-15-13-36(6)14-16-37/h8-9,19,21,24-27,39H,1-2,10-18,20H2,3-7H3,(H,32,41)(H,33,40)(H,34,43)/t21-,24+,25+,26+,27+/m1/s1. The van der Waals surface area contributed by atoms with E-state index in [4.69, 9.17) is 4.74 Å². The molecule has 1 saturated heterocycles. The molecule has 0 spiro atoms. The van der Waals surface area contributed by atoms with Gasteiger partial charge in [-0.1, -0.05) is 19.1 Å². The number of thioether (sulfide) groups is 1. The van der Waals surface area contributed by atoms with Crippen LogP contribution in [0.25, 0.3) is 0 Å². The average molecular weight is 650 g/mol. The van der Waals surface area contributed by atoms with E-state index in [1.54, 1.807) is 28.7 Å². The zero-order valence-electron chi connectivity index (χ0n) is 27.3. The molecule has 0 unspecified atom stereocenters. The maximum atomic E-state index is 13.3. The van der Waals surface area contributed by atoms with Crippen LogP contribution in [0.15, 0.2) is 31.4 Å². The minimum absolute atomic E-state index is 0.0295. The Morgan fingerprint density at radius 1 is 1.04 bits per heavy atom. The lowest BCUT2D eigenvalue weighted by molar-refractivity contribution is -0.138. The third-order valence-electron chi connectivity index (χ3n) is 7.73. The zero-order valence-corrected chi connectivity index (χ0v) is 28.1. The molecule has 0 bridgehead atoms. The molecule has 0 aromatic carbocycles. The summed E-state index contributed by atoms with van der Waals surface area (Å²) in [6.45, 7) is 15.4. The van der Waals surface area contributed by atoms with Gasteiger partial charge in [0.25, 0.3) is 0 Å². The maximum absolute atomic E-state index is 13.3. The summed E-state index contributed by atoms with van der Waals surface area (Å²) in [5.74, 6) is -1.08. The van der Waals surface area contributed by atoms with E-state index < -0.39 is 42.1 Å². The highest BCUT2D eigenvalue weighted by Crippen LogP contribution is 2.15. The summed E-state index contributed by atoms with van der Waals surface area (Å²) in [4.78, 5) is 56.0. The van der Waals surface area contributed by atoms with Crippen LogP contribution in [-0.4, -0.2) is 118 Å². The number of piperazine rings is 1. The molecule has 1 fully saturated rings. The Kier molecular flexibility index (Phi) is 16.2. The number of likely N-dealkylation sites (N-methyl/N-ethyl adjacent to an activating group) is 1. The van der Waals surface area contributed by atoms with Crippen LogP contribution in [0, 0.1) is 19.8 Å². The van der Waals surface area contributed by atoms with Gasteiger partial charge in [0.05, 0.1) is 17.8 Å². The van der Waals surface area contributed by atoms with Crippen LogP contribution in [0.2, 0.25) is 0 Å². The third-order valence-corrected chi connectivity index (χ3v) is 8.37. The number of nitrogens with one attached hydrogen (secondary N) is 3. The van der Waals surface area contributed by atoms with E-state index >= 15 is 0 Å². The molecule has 0 aliphatic carbocycles. The quantitative estimate of drug-likeness (QED) is 0.173. The van der Waals surface area contributed by atoms with E-state index in [2.05, 4.69) is 39.1 Å². The minimum atomic E-state index is -1.10. The van der Waals surface area contributed by atoms with Crippen molar-refractivity contribution in [2.45, 2.75) is 77.4 Å². The Labute approximate surface area is 271 Å². The van der Waals surface area contributed by atoms with Crippen LogP contribution >= 0.6 is 11.8 Å². The number of carbonyl (C=O) groups is 4. The molecule has 0 radical (unpaired) electrons. The molecule has 0 saturated carbocycles. The molecule has 2 heterocycles. The highest BCUT2D eigenvalue weighted by Gasteiger charge is 2.31. The van der Waals surface area contributed by atoms with E-state index in [1.807, 2.05) is 33.2 Å². The molecule has 2 rings (SSSR count). The first-order valence-corrected chi connectivity index (χ1v) is 16.7. The van der Waals surface area contributed by atoms with Crippen molar-refractivity contribution in [1.29, 1.82) is 0 Å². The number of alkyl carbamates (subject to hydrolysis) is 1. The molecular weight excluding hydrogens is 598 g/mol. The number of aliphatic hydroxyl groups excluding tert-OH is 1. The Hall–Kier alpha value is -3.36. The van der Waals surface area contributed by atoms with E-state index in [0.717, 1.165) is 24.5 Å². The van der Waals surface area contributed by atoms with Crippen LogP contribution in [0.4, 0.5) is 4.79 Å². The Morgan fingerprint density at radius 2 is 1.71 bits per heavy atom. The number of ether oxygens (including phenoxy) is 1. The third kappa shape index (κ3) is 12.5. The predicted octanol–water partition coefficient (Wildman–Crippen LogP) is 1.59. The normalized spacial score (nSPS) is 16.9. The minimum Gasteiger partial charge on any atom is -0.426 e. The van der Waals surface area contributed by atoms with Crippen molar-refractivity contribution in [3.8, 4) is 0 Å². The fraction of sp³-hybridized carbons (Fsp3) is 0.645. The van der Waals surface area contributed by atoms with Gasteiger partial charge in [0, 0.05) is 37.8 Å². The Bertz CT molecular complexity index is 1150. The van der Waals surface area contributed by atoms with Gasteiger partial charge in [0.1, 0.15) is 12.1 Å². The largest absolute Gasteiger partial charge is 0.426 e. The summed E-state index contributed by atoms with van der Waals surface area (Å²) < 4.78 is 6.83. The van der Waals surface area contributed by atoms with Crippen molar-refractivity contribution in [2.75, 3.05) is 45.2 Å². The summed E-state index contributed by atoms with van der Waals surface area (Å²) in [6, 6.07) is -0.554. The van der Waals surface area contributed by atoms with Gasteiger partial charge in [-0.25, -0.2) is 9.48 Å². The van der Waals surface area contributed by atoms with Gasteiger partial charge in [0.2, 0.25) is 17.7 Å². The number of aryl methyl sites for hydroxylation is 2. The molecular formula is C31H51N7O6S. The van der Waals surface area contributed by atoms with Crippen LogP contribution in [0.3, 0.4) is 0 Å². The van der Waals surface area contributed by atoms with E-state index in [1.165, 1.54) is 11.8 Å². The van der Waals surface area contributed by atoms with Crippen LogP contribution in [0.1, 0.15) is 44.0 Å². The van der Waals surface area contributed by atoms with Crippen LogP contribution < -0.4 is 16.0 Å². The smallest absolute Gasteiger partial charge is 0.409 e. The first-order chi connectivity index (χ1) is 21.4. The Morgan fingerprint density at radius 3 is 2.29 bits per heavy atom. The lowest BCUT2D eigenvalue weighted by atomic mass is 9.95. The summed E-state index contributed by atoms with van der Waals surface area (Å²) in [5.41, 5.74) is 1.63. The molecule has 1 aliphatic heterocycles. The molecule has 4 amide bonds. The first-order valence-electron chi connectivity index (χ1n) is 15.3. The Balaban J connectivity index is 1.99. The molecule has 14 heteroatoms. The van der Waals surface area contributed by atoms with Gasteiger partial charge in [0.15, 0.2) is 6.73 Å². The van der Waals surface area contributed by atoms with Gasteiger partial charge < -0.3 is 35.6 Å². The van der Waals surface area contributed by atoms with Gasteiger partial charge in [-0.05, 0) is 64.7 Å². The lowest BCUT2D eigenvalue weighted by Gasteiger charge is -2.35. The topological polar surface area (TPSA) is 158 Å². The number of nitrogens with zero attached hydrogens (tertiary/aromatic N) is 4. The SMILES string of the molecule is C=CC[C@H](NC(=O)[C@H](C)C[C@H](O)[C@H](CC=C)NC(=O)[C@H](CCSC)NC(=O)OCn1nc(C)cc1C)C(=O)N1CCN(C)CC1. The molecule has 5 atom stereocenters. The van der Waals surface area contributed by atoms with Crippen LogP contribution in [0.5, 0.6) is 0 Å². The highest BCUT2D eigenvalue weighted by atomic mass is 32.2. The monoisotopic (exact) mass is 649 g/mol. The number of amides is 4. The summed E-state index contributed by atoms with van der Waals surface area (Å²) >= 11 is 1.52. The van der Waals surface area contributed by atoms with Gasteiger partial charge in [-0.3, -0.25) is 14.4 Å². The van der Waals surface area contributed by atoms with Crippen molar-refractivity contribution >= 4 is 35.6 Å². The number of rotatable bonds is 18. The van der Waals surface area contributed by atoms with E-state index in [-0.39, 0.29) is 37.8 Å². The second kappa shape index (κ2) is 19.2. The van der Waals surface area contributed by atoms with Crippen molar-refractivity contribution in [3.63, 3.8) is 0 Å². The van der Waals surface area contributed by atoms with Gasteiger partial charge in [-0.2, -0.15) is 16.9 Å². The summed E-state index contributed by atoms with van der Waals surface area (Å²) in [5, 5.41) is 23.6. The van der Waals surface area contributed by atoms with Crippen molar-refractivity contribution < 1.29 is 29.0 Å². The predicted molar refractivity (Wildman–Crippen MR) is 175 cm³/mol. The van der Waals surface area contributed by atoms with Gasteiger partial charge in [-0.15, -0.1) is 13.2 Å². The molecule has 252 valence electrons. The average Bonchev–Trinajstić information content (AvgIpc) is 3.33. The summed E-state index contributed by atoms with van der Waals surface area (Å²) in [7, 11) is 2.00. The first kappa shape index (κ1) is 37.8. The van der Waals surface area contributed by atoms with Crippen LogP contribution in [-0.2, 0) is 25.9 Å². The number of aromatic nitrogens is 2.